The van der Waals surface area contributed by atoms with Gasteiger partial charge in [-0.15, -0.1) is 24.0 Å². The molecule has 0 saturated carbocycles. The predicted molar refractivity (Wildman–Crippen MR) is 123 cm³/mol. The van der Waals surface area contributed by atoms with E-state index in [-0.39, 0.29) is 24.0 Å². The van der Waals surface area contributed by atoms with Crippen molar-refractivity contribution in [2.75, 3.05) is 46.9 Å². The third-order valence-corrected chi connectivity index (χ3v) is 4.74. The Morgan fingerprint density at radius 2 is 2.00 bits per heavy atom. The molecule has 2 heterocycles. The fourth-order valence-electron chi connectivity index (χ4n) is 3.28. The molecule has 1 N–H and O–H groups in total. The third kappa shape index (κ3) is 6.49. The number of aliphatic imine (C=N–C) groups is 1. The summed E-state index contributed by atoms with van der Waals surface area (Å²) in [4.78, 5) is 9.11. The van der Waals surface area contributed by atoms with Crippen molar-refractivity contribution in [3.8, 4) is 11.5 Å². The Morgan fingerprint density at radius 3 is 2.62 bits per heavy atom. The first kappa shape index (κ1) is 23.3. The maximum atomic E-state index is 5.66. The Hall–Kier alpha value is -2.01. The van der Waals surface area contributed by atoms with Crippen molar-refractivity contribution in [1.82, 2.24) is 20.3 Å². The number of hydrogen-bond acceptors (Lipinski definition) is 6. The van der Waals surface area contributed by atoms with Gasteiger partial charge in [0, 0.05) is 52.4 Å². The van der Waals surface area contributed by atoms with Gasteiger partial charge in [0.05, 0.1) is 19.4 Å². The highest BCUT2D eigenvalue weighted by molar-refractivity contribution is 14.0. The Kier molecular flexibility index (Phi) is 9.52. The Morgan fingerprint density at radius 1 is 1.21 bits per heavy atom. The van der Waals surface area contributed by atoms with Crippen molar-refractivity contribution < 1.29 is 14.0 Å². The molecular weight excluding hydrogens is 485 g/mol. The Labute approximate surface area is 189 Å². The summed E-state index contributed by atoms with van der Waals surface area (Å²) in [5.74, 6) is 2.42. The van der Waals surface area contributed by atoms with Gasteiger partial charge in [-0.3, -0.25) is 9.89 Å². The summed E-state index contributed by atoms with van der Waals surface area (Å²) in [7, 11) is 3.48. The van der Waals surface area contributed by atoms with Crippen molar-refractivity contribution in [3.05, 3.63) is 41.8 Å². The van der Waals surface area contributed by atoms with E-state index < -0.39 is 0 Å². The number of rotatable bonds is 7. The number of nitrogens with zero attached hydrogens (tertiary/aromatic N) is 4. The molecule has 1 saturated heterocycles. The fourth-order valence-corrected chi connectivity index (χ4v) is 3.28. The molecule has 0 spiro atoms. The summed E-state index contributed by atoms with van der Waals surface area (Å²) in [6.07, 6.45) is 1.62. The highest BCUT2D eigenvalue weighted by Gasteiger charge is 2.20. The molecule has 9 heteroatoms. The lowest BCUT2D eigenvalue weighted by molar-refractivity contribution is 0.169. The van der Waals surface area contributed by atoms with Crippen molar-refractivity contribution >= 4 is 29.9 Å². The van der Waals surface area contributed by atoms with Crippen LogP contribution in [0.3, 0.4) is 0 Å². The highest BCUT2D eigenvalue weighted by atomic mass is 127. The largest absolute Gasteiger partial charge is 0.493 e. The Bertz CT molecular complexity index is 761. The van der Waals surface area contributed by atoms with Gasteiger partial charge in [0.1, 0.15) is 6.26 Å². The second-order valence-corrected chi connectivity index (χ2v) is 6.57. The maximum absolute atomic E-state index is 5.66. The summed E-state index contributed by atoms with van der Waals surface area (Å²) in [6.45, 7) is 7.84. The van der Waals surface area contributed by atoms with E-state index in [2.05, 4.69) is 25.3 Å². The van der Waals surface area contributed by atoms with Gasteiger partial charge in [-0.1, -0.05) is 11.2 Å². The van der Waals surface area contributed by atoms with Crippen molar-refractivity contribution in [2.45, 2.75) is 20.0 Å². The first-order valence-electron chi connectivity index (χ1n) is 9.60. The van der Waals surface area contributed by atoms with Gasteiger partial charge in [-0.25, -0.2) is 0 Å². The van der Waals surface area contributed by atoms with Gasteiger partial charge < -0.3 is 24.2 Å². The molecule has 0 atom stereocenters. The zero-order valence-corrected chi connectivity index (χ0v) is 19.6. The number of aromatic nitrogens is 1. The zero-order chi connectivity index (χ0) is 19.8. The molecule has 3 rings (SSSR count). The topological polar surface area (TPSA) is 75.4 Å². The van der Waals surface area contributed by atoms with E-state index in [9.17, 15) is 0 Å². The molecule has 0 radical (unpaired) electrons. The molecule has 1 fully saturated rings. The maximum Gasteiger partial charge on any atom is 0.194 e. The van der Waals surface area contributed by atoms with Crippen LogP contribution in [0.2, 0.25) is 0 Å². The molecule has 160 valence electrons. The molecule has 1 aliphatic rings. The summed E-state index contributed by atoms with van der Waals surface area (Å²) in [6, 6.07) is 7.90. The van der Waals surface area contributed by atoms with E-state index >= 15 is 0 Å². The van der Waals surface area contributed by atoms with Gasteiger partial charge in [-0.05, 0) is 24.6 Å². The number of piperazine rings is 1. The summed E-state index contributed by atoms with van der Waals surface area (Å²) in [5.41, 5.74) is 2.09. The number of guanidine groups is 1. The molecule has 8 nitrogen and oxygen atoms in total. The third-order valence-electron chi connectivity index (χ3n) is 4.74. The molecular formula is C20H30IN5O3. The Balaban J connectivity index is 0.00000300. The van der Waals surface area contributed by atoms with Crippen molar-refractivity contribution in [1.29, 1.82) is 0 Å². The summed E-state index contributed by atoms with van der Waals surface area (Å²) in [5, 5.41) is 7.45. The molecule has 1 aromatic carbocycles. The van der Waals surface area contributed by atoms with E-state index in [1.165, 1.54) is 0 Å². The van der Waals surface area contributed by atoms with Crippen LogP contribution in [0.4, 0.5) is 0 Å². The number of ether oxygens (including phenoxy) is 2. The van der Waals surface area contributed by atoms with Crippen LogP contribution in [0.1, 0.15) is 18.2 Å². The van der Waals surface area contributed by atoms with Crippen LogP contribution in [0.15, 0.2) is 40.0 Å². The van der Waals surface area contributed by atoms with E-state index in [0.717, 1.165) is 61.4 Å². The normalized spacial score (nSPS) is 15.0. The number of methoxy groups -OCH3 is 1. The van der Waals surface area contributed by atoms with E-state index in [1.807, 2.05) is 38.2 Å². The minimum atomic E-state index is 0. The standard InChI is InChI=1S/C20H29N5O3.HI/c1-4-27-19-13-16(5-6-18(19)26-3)14-22-20(21-2)25-10-8-24(9-11-25)15-17-7-12-28-23-17;/h5-7,12-13H,4,8-11,14-15H2,1-3H3,(H,21,22);1H. The monoisotopic (exact) mass is 515 g/mol. The van der Waals surface area contributed by atoms with Gasteiger partial charge in [-0.2, -0.15) is 0 Å². The van der Waals surface area contributed by atoms with Crippen LogP contribution in [0.5, 0.6) is 11.5 Å². The predicted octanol–water partition coefficient (Wildman–Crippen LogP) is 2.59. The van der Waals surface area contributed by atoms with E-state index in [0.29, 0.717) is 13.2 Å². The van der Waals surface area contributed by atoms with Gasteiger partial charge >= 0.3 is 0 Å². The van der Waals surface area contributed by atoms with Gasteiger partial charge in [0.15, 0.2) is 17.5 Å². The minimum Gasteiger partial charge on any atom is -0.493 e. The van der Waals surface area contributed by atoms with E-state index in [1.54, 1.807) is 13.4 Å². The molecule has 1 aromatic heterocycles. The fraction of sp³-hybridized carbons (Fsp3) is 0.500. The molecule has 0 amide bonds. The highest BCUT2D eigenvalue weighted by Crippen LogP contribution is 2.28. The quantitative estimate of drug-likeness (QED) is 0.345. The lowest BCUT2D eigenvalue weighted by Gasteiger charge is -2.36. The summed E-state index contributed by atoms with van der Waals surface area (Å²) >= 11 is 0. The molecule has 0 aliphatic carbocycles. The lowest BCUT2D eigenvalue weighted by Crippen LogP contribution is -2.52. The molecule has 29 heavy (non-hydrogen) atoms. The molecule has 0 unspecified atom stereocenters. The zero-order valence-electron chi connectivity index (χ0n) is 17.3. The number of halogens is 1. The van der Waals surface area contributed by atoms with E-state index in [4.69, 9.17) is 14.0 Å². The molecule has 1 aliphatic heterocycles. The summed E-state index contributed by atoms with van der Waals surface area (Å²) < 4.78 is 15.9. The van der Waals surface area contributed by atoms with Crippen LogP contribution in [0, 0.1) is 0 Å². The first-order valence-corrected chi connectivity index (χ1v) is 9.60. The minimum absolute atomic E-state index is 0. The first-order chi connectivity index (χ1) is 13.7. The lowest BCUT2D eigenvalue weighted by atomic mass is 10.2. The van der Waals surface area contributed by atoms with Gasteiger partial charge in [0.2, 0.25) is 0 Å². The van der Waals surface area contributed by atoms with Crippen LogP contribution in [-0.4, -0.2) is 67.9 Å². The smallest absolute Gasteiger partial charge is 0.194 e. The average molecular weight is 515 g/mol. The van der Waals surface area contributed by atoms with Crippen LogP contribution in [-0.2, 0) is 13.1 Å². The molecule has 0 bridgehead atoms. The van der Waals surface area contributed by atoms with Crippen molar-refractivity contribution in [2.24, 2.45) is 4.99 Å². The number of nitrogens with one attached hydrogen (secondary N) is 1. The van der Waals surface area contributed by atoms with Gasteiger partial charge in [0.25, 0.3) is 0 Å². The second-order valence-electron chi connectivity index (χ2n) is 6.57. The average Bonchev–Trinajstić information content (AvgIpc) is 3.23. The van der Waals surface area contributed by atoms with Crippen LogP contribution in [0.25, 0.3) is 0 Å². The van der Waals surface area contributed by atoms with Crippen LogP contribution >= 0.6 is 24.0 Å². The SMILES string of the molecule is CCOc1cc(CNC(=NC)N2CCN(Cc3ccon3)CC2)ccc1OC.I. The second kappa shape index (κ2) is 11.9. The number of benzene rings is 1. The molecule has 2 aromatic rings. The van der Waals surface area contributed by atoms with Crippen molar-refractivity contribution in [3.63, 3.8) is 0 Å². The number of hydrogen-bond donors (Lipinski definition) is 1. The van der Waals surface area contributed by atoms with Crippen LogP contribution < -0.4 is 14.8 Å².